The lowest BCUT2D eigenvalue weighted by Crippen LogP contribution is -2.53. The fraction of sp³-hybridized carbons (Fsp3) is 0.400. The van der Waals surface area contributed by atoms with E-state index >= 15 is 0 Å². The predicted molar refractivity (Wildman–Crippen MR) is 77.1 cm³/mol. The number of aliphatic carboxylic acids is 2. The quantitative estimate of drug-likeness (QED) is 0.772. The van der Waals surface area contributed by atoms with Crippen LogP contribution in [-0.4, -0.2) is 44.8 Å². The van der Waals surface area contributed by atoms with Gasteiger partial charge in [-0.2, -0.15) is 0 Å². The molecule has 0 aliphatic rings. The topological polar surface area (TPSA) is 104 Å². The van der Waals surface area contributed by atoms with Crippen LogP contribution in [0.25, 0.3) is 0 Å². The van der Waals surface area contributed by atoms with E-state index in [-0.39, 0.29) is 5.56 Å². The van der Waals surface area contributed by atoms with E-state index in [1.807, 2.05) is 0 Å². The van der Waals surface area contributed by atoms with E-state index in [4.69, 9.17) is 9.94 Å². The van der Waals surface area contributed by atoms with Crippen LogP contribution in [0.1, 0.15) is 37.6 Å². The third kappa shape index (κ3) is 4.85. The average molecular weight is 309 g/mol. The first-order valence-corrected chi connectivity index (χ1v) is 6.64. The van der Waals surface area contributed by atoms with Crippen molar-refractivity contribution in [2.75, 3.05) is 0 Å². The first-order chi connectivity index (χ1) is 10.1. The highest BCUT2D eigenvalue weighted by atomic mass is 16.7. The fourth-order valence-corrected chi connectivity index (χ4v) is 1.82. The third-order valence-corrected chi connectivity index (χ3v) is 2.79. The van der Waals surface area contributed by atoms with E-state index in [0.717, 1.165) is 5.06 Å². The maximum atomic E-state index is 12.1. The molecule has 0 saturated heterocycles. The Bertz CT molecular complexity index is 549. The lowest BCUT2D eigenvalue weighted by atomic mass is 10.0. The highest BCUT2D eigenvalue weighted by molar-refractivity contribution is 5.89. The molecule has 1 rings (SSSR count). The Hall–Kier alpha value is -2.41. The molecule has 7 heteroatoms. The molecule has 1 aromatic rings. The van der Waals surface area contributed by atoms with Gasteiger partial charge in [0.15, 0.2) is 6.04 Å². The standard InChI is InChI=1S/C15H19NO6/c1-15(2,3)16(11(13(19)20)9-12(17)18)22-14(21)10-7-5-4-6-8-10/h4-8,11H,9H2,1-3H3,(H,17,18)(H,19,20). The first-order valence-electron chi connectivity index (χ1n) is 6.64. The van der Waals surface area contributed by atoms with Gasteiger partial charge in [-0.05, 0) is 32.9 Å². The second kappa shape index (κ2) is 7.04. The molecular formula is C15H19NO6. The van der Waals surface area contributed by atoms with Crippen molar-refractivity contribution in [2.24, 2.45) is 0 Å². The lowest BCUT2D eigenvalue weighted by molar-refractivity contribution is -0.205. The van der Waals surface area contributed by atoms with Crippen molar-refractivity contribution in [2.45, 2.75) is 38.8 Å². The summed E-state index contributed by atoms with van der Waals surface area (Å²) in [4.78, 5) is 39.5. The van der Waals surface area contributed by atoms with Gasteiger partial charge in [0.2, 0.25) is 0 Å². The summed E-state index contributed by atoms with van der Waals surface area (Å²) in [6.07, 6.45) is -0.686. The first kappa shape index (κ1) is 17.6. The van der Waals surface area contributed by atoms with Crippen LogP contribution in [0.3, 0.4) is 0 Å². The second-order valence-corrected chi connectivity index (χ2v) is 5.69. The molecule has 2 N–H and O–H groups in total. The molecule has 0 fully saturated rings. The van der Waals surface area contributed by atoms with Gasteiger partial charge in [0, 0.05) is 5.54 Å². The van der Waals surface area contributed by atoms with Crippen LogP contribution in [0, 0.1) is 0 Å². The molecule has 1 atom stereocenters. The highest BCUT2D eigenvalue weighted by Gasteiger charge is 2.38. The molecule has 1 unspecified atom stereocenters. The summed E-state index contributed by atoms with van der Waals surface area (Å²) in [5.74, 6) is -3.41. The number of hydrogen-bond acceptors (Lipinski definition) is 5. The van der Waals surface area contributed by atoms with Gasteiger partial charge >= 0.3 is 17.9 Å². The minimum absolute atomic E-state index is 0.246. The number of nitrogens with zero attached hydrogens (tertiary/aromatic N) is 1. The van der Waals surface area contributed by atoms with Crippen molar-refractivity contribution in [3.8, 4) is 0 Å². The number of carboxylic acids is 2. The molecule has 120 valence electrons. The van der Waals surface area contributed by atoms with Gasteiger partial charge in [0.05, 0.1) is 12.0 Å². The van der Waals surface area contributed by atoms with Crippen LogP contribution in [0.4, 0.5) is 0 Å². The monoisotopic (exact) mass is 309 g/mol. The molecule has 0 bridgehead atoms. The van der Waals surface area contributed by atoms with Crippen LogP contribution in [-0.2, 0) is 14.4 Å². The average Bonchev–Trinajstić information content (AvgIpc) is 2.41. The molecule has 0 aliphatic carbocycles. The summed E-state index contributed by atoms with van der Waals surface area (Å²) in [6, 6.07) is 6.58. The molecule has 7 nitrogen and oxygen atoms in total. The smallest absolute Gasteiger partial charge is 0.357 e. The molecule has 0 spiro atoms. The Labute approximate surface area is 128 Å². The zero-order chi connectivity index (χ0) is 16.9. The van der Waals surface area contributed by atoms with Crippen LogP contribution in [0.5, 0.6) is 0 Å². The summed E-state index contributed by atoms with van der Waals surface area (Å²) < 4.78 is 0. The van der Waals surface area contributed by atoms with Gasteiger partial charge < -0.3 is 15.1 Å². The van der Waals surface area contributed by atoms with E-state index < -0.39 is 35.9 Å². The van der Waals surface area contributed by atoms with Crippen LogP contribution in [0.2, 0.25) is 0 Å². The Morgan fingerprint density at radius 1 is 1.14 bits per heavy atom. The van der Waals surface area contributed by atoms with Crippen molar-refractivity contribution < 1.29 is 29.4 Å². The van der Waals surface area contributed by atoms with E-state index in [2.05, 4.69) is 0 Å². The Morgan fingerprint density at radius 2 is 1.68 bits per heavy atom. The summed E-state index contributed by atoms with van der Waals surface area (Å²) >= 11 is 0. The fourth-order valence-electron chi connectivity index (χ4n) is 1.82. The molecular weight excluding hydrogens is 290 g/mol. The van der Waals surface area contributed by atoms with Crippen molar-refractivity contribution in [1.29, 1.82) is 0 Å². The normalized spacial score (nSPS) is 12.7. The van der Waals surface area contributed by atoms with Crippen molar-refractivity contribution in [3.63, 3.8) is 0 Å². The molecule has 0 heterocycles. The number of benzene rings is 1. The predicted octanol–water partition coefficient (Wildman–Crippen LogP) is 1.79. The number of carbonyl (C=O) groups excluding carboxylic acids is 1. The Kier molecular flexibility index (Phi) is 5.64. The van der Waals surface area contributed by atoms with Crippen molar-refractivity contribution >= 4 is 17.9 Å². The molecule has 0 radical (unpaired) electrons. The van der Waals surface area contributed by atoms with Gasteiger partial charge in [-0.1, -0.05) is 18.2 Å². The van der Waals surface area contributed by atoms with Crippen molar-refractivity contribution in [1.82, 2.24) is 5.06 Å². The van der Waals surface area contributed by atoms with Gasteiger partial charge in [-0.3, -0.25) is 9.59 Å². The molecule has 22 heavy (non-hydrogen) atoms. The maximum absolute atomic E-state index is 12.1. The zero-order valence-corrected chi connectivity index (χ0v) is 12.6. The van der Waals surface area contributed by atoms with Gasteiger partial charge in [-0.15, -0.1) is 5.06 Å². The lowest BCUT2D eigenvalue weighted by Gasteiger charge is -2.36. The maximum Gasteiger partial charge on any atom is 0.357 e. The minimum atomic E-state index is -1.48. The highest BCUT2D eigenvalue weighted by Crippen LogP contribution is 2.21. The van der Waals surface area contributed by atoms with E-state index in [9.17, 15) is 19.5 Å². The summed E-state index contributed by atoms with van der Waals surface area (Å²) in [5.41, 5.74) is -0.639. The molecule has 0 saturated carbocycles. The van der Waals surface area contributed by atoms with Crippen LogP contribution < -0.4 is 0 Å². The summed E-state index contributed by atoms with van der Waals surface area (Å²) in [6.45, 7) is 4.88. The zero-order valence-electron chi connectivity index (χ0n) is 12.6. The van der Waals surface area contributed by atoms with E-state index in [1.165, 1.54) is 12.1 Å². The molecule has 0 aromatic heterocycles. The van der Waals surface area contributed by atoms with Crippen LogP contribution in [0.15, 0.2) is 30.3 Å². The second-order valence-electron chi connectivity index (χ2n) is 5.69. The molecule has 1 aromatic carbocycles. The largest absolute Gasteiger partial charge is 0.481 e. The number of carbonyl (C=O) groups is 3. The Balaban J connectivity index is 3.05. The van der Waals surface area contributed by atoms with Gasteiger partial charge in [-0.25, -0.2) is 4.79 Å². The number of carboxylic acid groups (broad SMARTS) is 2. The molecule has 0 aliphatic heterocycles. The van der Waals surface area contributed by atoms with E-state index in [1.54, 1.807) is 39.0 Å². The molecule has 0 amide bonds. The van der Waals surface area contributed by atoms with E-state index in [0.29, 0.717) is 0 Å². The van der Waals surface area contributed by atoms with Crippen LogP contribution >= 0.6 is 0 Å². The van der Waals surface area contributed by atoms with Gasteiger partial charge in [0.1, 0.15) is 0 Å². The number of hydroxylamine groups is 2. The van der Waals surface area contributed by atoms with Gasteiger partial charge in [0.25, 0.3) is 0 Å². The minimum Gasteiger partial charge on any atom is -0.481 e. The third-order valence-electron chi connectivity index (χ3n) is 2.79. The number of hydrogen-bond donors (Lipinski definition) is 2. The Morgan fingerprint density at radius 3 is 2.09 bits per heavy atom. The summed E-state index contributed by atoms with van der Waals surface area (Å²) in [5, 5.41) is 19.0. The van der Waals surface area contributed by atoms with Crippen molar-refractivity contribution in [3.05, 3.63) is 35.9 Å². The number of rotatable bonds is 6. The SMILES string of the molecule is CC(C)(C)N(OC(=O)c1ccccc1)C(CC(=O)O)C(=O)O. The summed E-state index contributed by atoms with van der Waals surface area (Å²) in [7, 11) is 0.